The van der Waals surface area contributed by atoms with Gasteiger partial charge < -0.3 is 10.4 Å². The minimum absolute atomic E-state index is 0.122. The molecule has 1 fully saturated rings. The Morgan fingerprint density at radius 2 is 2.22 bits per heavy atom. The fourth-order valence-corrected chi connectivity index (χ4v) is 2.24. The Hall–Kier alpha value is -1.42. The van der Waals surface area contributed by atoms with Crippen molar-refractivity contribution in [2.75, 3.05) is 18.5 Å². The van der Waals surface area contributed by atoms with Crippen LogP contribution >= 0.6 is 0 Å². The van der Waals surface area contributed by atoms with Gasteiger partial charge in [-0.05, 0) is 43.7 Å². The summed E-state index contributed by atoms with van der Waals surface area (Å²) in [4.78, 5) is 11.4. The minimum Gasteiger partial charge on any atom is -0.396 e. The van der Waals surface area contributed by atoms with E-state index in [4.69, 9.17) is 5.11 Å². The molecule has 98 valence electrons. The Morgan fingerprint density at radius 1 is 1.50 bits per heavy atom. The summed E-state index contributed by atoms with van der Waals surface area (Å²) in [5.41, 5.74) is 0.804. The first-order valence-electron chi connectivity index (χ1n) is 6.22. The Bertz CT molecular complexity index is 455. The molecule has 2 rings (SSSR count). The monoisotopic (exact) mass is 251 g/mol. The maximum atomic E-state index is 13.6. The van der Waals surface area contributed by atoms with Crippen LogP contribution in [0.4, 0.5) is 10.1 Å². The second-order valence-electron chi connectivity index (χ2n) is 5.05. The number of benzene rings is 1. The van der Waals surface area contributed by atoms with Crippen LogP contribution in [0.3, 0.4) is 0 Å². The van der Waals surface area contributed by atoms with Crippen molar-refractivity contribution in [3.8, 4) is 0 Å². The first-order chi connectivity index (χ1) is 8.58. The third-order valence-corrected chi connectivity index (χ3v) is 3.62. The van der Waals surface area contributed by atoms with Gasteiger partial charge in [-0.1, -0.05) is 6.07 Å². The summed E-state index contributed by atoms with van der Waals surface area (Å²) in [6.45, 7) is 2.21. The molecule has 0 amide bonds. The van der Waals surface area contributed by atoms with Crippen molar-refractivity contribution in [2.45, 2.75) is 26.2 Å². The third-order valence-electron chi connectivity index (χ3n) is 3.62. The summed E-state index contributed by atoms with van der Waals surface area (Å²) in [5, 5.41) is 12.1. The highest BCUT2D eigenvalue weighted by molar-refractivity contribution is 5.99. The van der Waals surface area contributed by atoms with Crippen molar-refractivity contribution in [3.63, 3.8) is 0 Å². The van der Waals surface area contributed by atoms with Crippen molar-refractivity contribution < 1.29 is 14.3 Å². The number of rotatable bonds is 6. The zero-order chi connectivity index (χ0) is 13.2. The number of carbonyl (C=O) groups excluding carboxylic acids is 1. The molecule has 4 heteroatoms. The fraction of sp³-hybridized carbons (Fsp3) is 0.500. The van der Waals surface area contributed by atoms with Gasteiger partial charge in [-0.3, -0.25) is 4.79 Å². The van der Waals surface area contributed by atoms with Gasteiger partial charge in [-0.25, -0.2) is 4.39 Å². The SMILES string of the molecule is CC(=O)c1c(F)cccc1NCC1(CCO)CC1. The van der Waals surface area contributed by atoms with Crippen molar-refractivity contribution in [3.05, 3.63) is 29.6 Å². The van der Waals surface area contributed by atoms with E-state index < -0.39 is 5.82 Å². The molecule has 0 heterocycles. The van der Waals surface area contributed by atoms with E-state index >= 15 is 0 Å². The van der Waals surface area contributed by atoms with Crippen LogP contribution in [0, 0.1) is 11.2 Å². The summed E-state index contributed by atoms with van der Waals surface area (Å²) in [6, 6.07) is 4.60. The zero-order valence-electron chi connectivity index (χ0n) is 10.5. The van der Waals surface area contributed by atoms with Gasteiger partial charge in [-0.2, -0.15) is 0 Å². The minimum atomic E-state index is -0.487. The quantitative estimate of drug-likeness (QED) is 0.764. The number of hydrogen-bond donors (Lipinski definition) is 2. The van der Waals surface area contributed by atoms with Crippen molar-refractivity contribution >= 4 is 11.5 Å². The summed E-state index contributed by atoms with van der Waals surface area (Å²) in [5.74, 6) is -0.762. The third kappa shape index (κ3) is 2.70. The maximum Gasteiger partial charge on any atom is 0.164 e. The molecule has 0 atom stereocenters. The van der Waals surface area contributed by atoms with E-state index in [-0.39, 0.29) is 23.4 Å². The van der Waals surface area contributed by atoms with E-state index in [2.05, 4.69) is 5.32 Å². The highest BCUT2D eigenvalue weighted by Crippen LogP contribution is 2.48. The first kappa shape index (κ1) is 13.0. The Balaban J connectivity index is 2.10. The van der Waals surface area contributed by atoms with E-state index in [1.165, 1.54) is 13.0 Å². The molecular formula is C14H18FNO2. The average molecular weight is 251 g/mol. The Labute approximate surface area is 106 Å². The van der Waals surface area contributed by atoms with Gasteiger partial charge in [0.1, 0.15) is 5.82 Å². The lowest BCUT2D eigenvalue weighted by atomic mass is 10.0. The molecule has 1 aliphatic rings. The predicted molar refractivity (Wildman–Crippen MR) is 68.3 cm³/mol. The lowest BCUT2D eigenvalue weighted by Gasteiger charge is -2.17. The maximum absolute atomic E-state index is 13.6. The molecule has 0 radical (unpaired) electrons. The number of hydrogen-bond acceptors (Lipinski definition) is 3. The van der Waals surface area contributed by atoms with Gasteiger partial charge in [0.05, 0.1) is 5.56 Å². The van der Waals surface area contributed by atoms with Gasteiger partial charge >= 0.3 is 0 Å². The topological polar surface area (TPSA) is 49.3 Å². The number of nitrogens with one attached hydrogen (secondary N) is 1. The summed E-state index contributed by atoms with van der Waals surface area (Å²) < 4.78 is 13.6. The lowest BCUT2D eigenvalue weighted by Crippen LogP contribution is -2.18. The largest absolute Gasteiger partial charge is 0.396 e. The molecule has 0 saturated heterocycles. The molecule has 0 bridgehead atoms. The van der Waals surface area contributed by atoms with Crippen LogP contribution < -0.4 is 5.32 Å². The second kappa shape index (κ2) is 5.06. The van der Waals surface area contributed by atoms with Crippen LogP contribution in [0.5, 0.6) is 0 Å². The standard InChI is InChI=1S/C14H18FNO2/c1-10(18)13-11(15)3-2-4-12(13)16-9-14(5-6-14)7-8-17/h2-4,16-17H,5-9H2,1H3. The number of carbonyl (C=O) groups is 1. The van der Waals surface area contributed by atoms with E-state index in [0.717, 1.165) is 19.3 Å². The van der Waals surface area contributed by atoms with Crippen LogP contribution in [0.25, 0.3) is 0 Å². The molecule has 1 aliphatic carbocycles. The average Bonchev–Trinajstić information content (AvgIpc) is 3.07. The zero-order valence-corrected chi connectivity index (χ0v) is 10.5. The Kier molecular flexibility index (Phi) is 3.66. The molecule has 1 aromatic carbocycles. The number of aliphatic hydroxyl groups is 1. The Morgan fingerprint density at radius 3 is 2.78 bits per heavy atom. The van der Waals surface area contributed by atoms with Crippen molar-refractivity contribution in [1.82, 2.24) is 0 Å². The molecular weight excluding hydrogens is 233 g/mol. The van der Waals surface area contributed by atoms with Crippen LogP contribution in [0.2, 0.25) is 0 Å². The van der Waals surface area contributed by atoms with E-state index in [0.29, 0.717) is 12.2 Å². The van der Waals surface area contributed by atoms with Crippen molar-refractivity contribution in [2.24, 2.45) is 5.41 Å². The highest BCUT2D eigenvalue weighted by atomic mass is 19.1. The van der Waals surface area contributed by atoms with Gasteiger partial charge in [0.2, 0.25) is 0 Å². The van der Waals surface area contributed by atoms with Gasteiger partial charge in [0.15, 0.2) is 5.78 Å². The molecule has 0 aliphatic heterocycles. The number of halogens is 1. The summed E-state index contributed by atoms with van der Waals surface area (Å²) in [6.07, 6.45) is 2.90. The number of ketones is 1. The van der Waals surface area contributed by atoms with Gasteiger partial charge in [-0.15, -0.1) is 0 Å². The fourth-order valence-electron chi connectivity index (χ4n) is 2.24. The molecule has 0 unspecified atom stereocenters. The predicted octanol–water partition coefficient (Wildman–Crippen LogP) is 2.60. The molecule has 0 spiro atoms. The van der Waals surface area contributed by atoms with Crippen LogP contribution in [0.1, 0.15) is 36.5 Å². The molecule has 18 heavy (non-hydrogen) atoms. The smallest absolute Gasteiger partial charge is 0.164 e. The molecule has 0 aromatic heterocycles. The second-order valence-corrected chi connectivity index (χ2v) is 5.05. The van der Waals surface area contributed by atoms with Crippen LogP contribution in [-0.2, 0) is 0 Å². The summed E-state index contributed by atoms with van der Waals surface area (Å²) in [7, 11) is 0. The van der Waals surface area contributed by atoms with E-state index in [9.17, 15) is 9.18 Å². The normalized spacial score (nSPS) is 16.4. The highest BCUT2D eigenvalue weighted by Gasteiger charge is 2.41. The van der Waals surface area contributed by atoms with Crippen molar-refractivity contribution in [1.29, 1.82) is 0 Å². The van der Waals surface area contributed by atoms with Gasteiger partial charge in [0, 0.05) is 18.8 Å². The lowest BCUT2D eigenvalue weighted by molar-refractivity contribution is 0.101. The van der Waals surface area contributed by atoms with Gasteiger partial charge in [0.25, 0.3) is 0 Å². The molecule has 2 N–H and O–H groups in total. The number of Topliss-reactive ketones (excluding diaryl/α,β-unsaturated/α-hetero) is 1. The summed E-state index contributed by atoms with van der Waals surface area (Å²) >= 11 is 0. The molecule has 1 aromatic rings. The van der Waals surface area contributed by atoms with E-state index in [1.807, 2.05) is 0 Å². The van der Waals surface area contributed by atoms with Crippen LogP contribution in [0.15, 0.2) is 18.2 Å². The van der Waals surface area contributed by atoms with Crippen LogP contribution in [-0.4, -0.2) is 24.0 Å². The number of anilines is 1. The first-order valence-corrected chi connectivity index (χ1v) is 6.22. The van der Waals surface area contributed by atoms with E-state index in [1.54, 1.807) is 12.1 Å². The molecule has 3 nitrogen and oxygen atoms in total. The number of aliphatic hydroxyl groups excluding tert-OH is 1. The molecule has 1 saturated carbocycles.